The molecule has 0 atom stereocenters. The number of esters is 2. The monoisotopic (exact) mass is 268 g/mol. The maximum atomic E-state index is 11.3. The Morgan fingerprint density at radius 3 is 2.05 bits per heavy atom. The van der Waals surface area contributed by atoms with Crippen LogP contribution in [0.2, 0.25) is 0 Å². The Bertz CT molecular complexity index is 414. The van der Waals surface area contributed by atoms with Crippen molar-refractivity contribution in [2.45, 2.75) is 0 Å². The molecule has 1 heterocycles. The molecule has 0 saturated heterocycles. The molecule has 104 valence electrons. The molecule has 19 heavy (non-hydrogen) atoms. The van der Waals surface area contributed by atoms with E-state index < -0.39 is 11.9 Å². The van der Waals surface area contributed by atoms with Crippen molar-refractivity contribution in [1.82, 2.24) is 4.98 Å². The zero-order chi connectivity index (χ0) is 14.3. The number of anilines is 1. The molecular formula is C12H16N2O5. The van der Waals surface area contributed by atoms with Gasteiger partial charge < -0.3 is 19.1 Å². The molecule has 0 aliphatic heterocycles. The number of rotatable bonds is 6. The van der Waals surface area contributed by atoms with E-state index in [1.54, 1.807) is 12.1 Å². The lowest BCUT2D eigenvalue weighted by Crippen LogP contribution is -2.36. The first-order valence-corrected chi connectivity index (χ1v) is 5.49. The fraction of sp³-hybridized carbons (Fsp3) is 0.417. The van der Waals surface area contributed by atoms with Crippen molar-refractivity contribution >= 4 is 17.8 Å². The van der Waals surface area contributed by atoms with Gasteiger partial charge in [-0.05, 0) is 12.1 Å². The minimum atomic E-state index is -0.471. The van der Waals surface area contributed by atoms with Gasteiger partial charge in [-0.25, -0.2) is 4.98 Å². The first-order chi connectivity index (χ1) is 9.10. The fourth-order valence-corrected chi connectivity index (χ4v) is 1.34. The van der Waals surface area contributed by atoms with Crippen LogP contribution >= 0.6 is 0 Å². The van der Waals surface area contributed by atoms with E-state index >= 15 is 0 Å². The van der Waals surface area contributed by atoms with E-state index in [0.717, 1.165) is 0 Å². The Morgan fingerprint density at radius 2 is 1.68 bits per heavy atom. The molecule has 0 fully saturated rings. The minimum absolute atomic E-state index is 0.0923. The number of hydrogen-bond donors (Lipinski definition) is 0. The summed E-state index contributed by atoms with van der Waals surface area (Å²) in [7, 11) is 4.08. The molecule has 1 aromatic heterocycles. The van der Waals surface area contributed by atoms with Crippen LogP contribution in [-0.4, -0.2) is 51.3 Å². The molecule has 0 N–H and O–H groups in total. The molecule has 0 spiro atoms. The molecule has 0 aliphatic rings. The molecule has 0 bridgehead atoms. The quantitative estimate of drug-likeness (QED) is 0.684. The van der Waals surface area contributed by atoms with E-state index in [1.807, 2.05) is 0 Å². The van der Waals surface area contributed by atoms with Crippen molar-refractivity contribution in [1.29, 1.82) is 0 Å². The molecule has 1 aromatic rings. The molecule has 7 heteroatoms. The Balaban J connectivity index is 2.86. The third kappa shape index (κ3) is 4.46. The van der Waals surface area contributed by atoms with Gasteiger partial charge in [0.05, 0.1) is 27.5 Å². The average Bonchev–Trinajstić information content (AvgIpc) is 2.46. The predicted octanol–water partition coefficient (Wildman–Crippen LogP) is 0.243. The van der Waals surface area contributed by atoms with Gasteiger partial charge >= 0.3 is 11.9 Å². The highest BCUT2D eigenvalue weighted by molar-refractivity contribution is 5.80. The summed E-state index contributed by atoms with van der Waals surface area (Å²) in [5, 5.41) is 0. The van der Waals surface area contributed by atoms with Gasteiger partial charge in [-0.2, -0.15) is 0 Å². The second kappa shape index (κ2) is 7.20. The molecular weight excluding hydrogens is 252 g/mol. The van der Waals surface area contributed by atoms with Crippen molar-refractivity contribution < 1.29 is 23.8 Å². The molecule has 0 amide bonds. The van der Waals surface area contributed by atoms with E-state index in [-0.39, 0.29) is 13.1 Å². The summed E-state index contributed by atoms with van der Waals surface area (Å²) in [6.07, 6.45) is 1.50. The predicted molar refractivity (Wildman–Crippen MR) is 67.0 cm³/mol. The number of ether oxygens (including phenoxy) is 3. The summed E-state index contributed by atoms with van der Waals surface area (Å²) in [6.45, 7) is -0.185. The van der Waals surface area contributed by atoms with Gasteiger partial charge in [0, 0.05) is 0 Å². The number of methoxy groups -OCH3 is 3. The maximum Gasteiger partial charge on any atom is 0.325 e. The maximum absolute atomic E-state index is 11.3. The standard InChI is InChI=1S/C12H16N2O5/c1-17-9-4-5-10(13-6-9)14(7-11(15)18-2)8-12(16)19-3/h4-6H,7-8H2,1-3H3. The number of carbonyl (C=O) groups is 2. The Labute approximate surface area is 111 Å². The van der Waals surface area contributed by atoms with Gasteiger partial charge in [-0.3, -0.25) is 9.59 Å². The van der Waals surface area contributed by atoms with Crippen LogP contribution in [-0.2, 0) is 19.1 Å². The van der Waals surface area contributed by atoms with Gasteiger partial charge in [-0.15, -0.1) is 0 Å². The van der Waals surface area contributed by atoms with E-state index in [9.17, 15) is 9.59 Å². The van der Waals surface area contributed by atoms with Crippen LogP contribution in [0.25, 0.3) is 0 Å². The van der Waals surface area contributed by atoms with Crippen molar-refractivity contribution in [3.63, 3.8) is 0 Å². The first-order valence-electron chi connectivity index (χ1n) is 5.49. The topological polar surface area (TPSA) is 78.0 Å². The van der Waals surface area contributed by atoms with Crippen LogP contribution in [0.4, 0.5) is 5.82 Å². The molecule has 0 unspecified atom stereocenters. The normalized spacial score (nSPS) is 9.63. The smallest absolute Gasteiger partial charge is 0.325 e. The Hall–Kier alpha value is -2.31. The van der Waals surface area contributed by atoms with Crippen LogP contribution < -0.4 is 9.64 Å². The lowest BCUT2D eigenvalue weighted by Gasteiger charge is -2.21. The van der Waals surface area contributed by atoms with Crippen LogP contribution in [0.1, 0.15) is 0 Å². The fourth-order valence-electron chi connectivity index (χ4n) is 1.34. The molecule has 7 nitrogen and oxygen atoms in total. The zero-order valence-corrected chi connectivity index (χ0v) is 11.1. The Kier molecular flexibility index (Phi) is 5.59. The third-order valence-electron chi connectivity index (χ3n) is 2.38. The van der Waals surface area contributed by atoms with Gasteiger partial charge in [-0.1, -0.05) is 0 Å². The van der Waals surface area contributed by atoms with E-state index in [4.69, 9.17) is 4.74 Å². The second-order valence-corrected chi connectivity index (χ2v) is 3.56. The number of nitrogens with zero attached hydrogens (tertiary/aromatic N) is 2. The number of carbonyl (C=O) groups excluding carboxylic acids is 2. The number of pyridine rings is 1. The molecule has 0 radical (unpaired) electrons. The highest BCUT2D eigenvalue weighted by Crippen LogP contribution is 2.15. The van der Waals surface area contributed by atoms with Crippen LogP contribution in [0, 0.1) is 0 Å². The van der Waals surface area contributed by atoms with E-state index in [1.165, 1.54) is 32.4 Å². The molecule has 0 aromatic carbocycles. The van der Waals surface area contributed by atoms with Crippen molar-refractivity contribution in [3.8, 4) is 5.75 Å². The number of hydrogen-bond acceptors (Lipinski definition) is 7. The summed E-state index contributed by atoms with van der Waals surface area (Å²) in [6, 6.07) is 3.33. The van der Waals surface area contributed by atoms with Gasteiger partial charge in [0.25, 0.3) is 0 Å². The van der Waals surface area contributed by atoms with Gasteiger partial charge in [0.15, 0.2) is 0 Å². The lowest BCUT2D eigenvalue weighted by molar-refractivity contribution is -0.140. The van der Waals surface area contributed by atoms with Crippen molar-refractivity contribution in [3.05, 3.63) is 18.3 Å². The summed E-state index contributed by atoms with van der Waals surface area (Å²) in [5.74, 6) is 0.0967. The minimum Gasteiger partial charge on any atom is -0.495 e. The second-order valence-electron chi connectivity index (χ2n) is 3.56. The summed E-state index contributed by atoms with van der Waals surface area (Å²) in [4.78, 5) is 28.2. The zero-order valence-electron chi connectivity index (χ0n) is 11.1. The van der Waals surface area contributed by atoms with Crippen LogP contribution in [0.15, 0.2) is 18.3 Å². The van der Waals surface area contributed by atoms with Crippen LogP contribution in [0.3, 0.4) is 0 Å². The highest BCUT2D eigenvalue weighted by atomic mass is 16.5. The van der Waals surface area contributed by atoms with Gasteiger partial charge in [0.1, 0.15) is 24.7 Å². The summed E-state index contributed by atoms with van der Waals surface area (Å²) in [5.41, 5.74) is 0. The van der Waals surface area contributed by atoms with E-state index in [0.29, 0.717) is 11.6 Å². The van der Waals surface area contributed by atoms with Crippen LogP contribution in [0.5, 0.6) is 5.75 Å². The Morgan fingerprint density at radius 1 is 1.11 bits per heavy atom. The molecule has 0 saturated carbocycles. The third-order valence-corrected chi connectivity index (χ3v) is 2.38. The van der Waals surface area contributed by atoms with Crippen molar-refractivity contribution in [2.75, 3.05) is 39.3 Å². The summed E-state index contributed by atoms with van der Waals surface area (Å²) < 4.78 is 14.1. The van der Waals surface area contributed by atoms with Crippen molar-refractivity contribution in [2.24, 2.45) is 0 Å². The molecule has 1 rings (SSSR count). The number of aromatic nitrogens is 1. The van der Waals surface area contributed by atoms with Gasteiger partial charge in [0.2, 0.25) is 0 Å². The first kappa shape index (κ1) is 14.7. The lowest BCUT2D eigenvalue weighted by atomic mass is 10.4. The summed E-state index contributed by atoms with van der Waals surface area (Å²) >= 11 is 0. The molecule has 0 aliphatic carbocycles. The average molecular weight is 268 g/mol. The van der Waals surface area contributed by atoms with E-state index in [2.05, 4.69) is 14.5 Å². The largest absolute Gasteiger partial charge is 0.495 e. The SMILES string of the molecule is COC(=O)CN(CC(=O)OC)c1ccc(OC)cn1. The highest BCUT2D eigenvalue weighted by Gasteiger charge is 2.17.